The summed E-state index contributed by atoms with van der Waals surface area (Å²) in [4.78, 5) is 5.20. The van der Waals surface area contributed by atoms with E-state index in [1.165, 1.54) is 6.26 Å². The van der Waals surface area contributed by atoms with Crippen molar-refractivity contribution in [3.8, 4) is 0 Å². The van der Waals surface area contributed by atoms with Crippen molar-refractivity contribution >= 4 is 9.84 Å². The van der Waals surface area contributed by atoms with Crippen molar-refractivity contribution < 1.29 is 8.42 Å². The number of rotatable bonds is 3. The second-order valence-corrected chi connectivity index (χ2v) is 8.40. The summed E-state index contributed by atoms with van der Waals surface area (Å²) in [6.07, 6.45) is 1.24. The van der Waals surface area contributed by atoms with E-state index in [0.29, 0.717) is 4.90 Å². The van der Waals surface area contributed by atoms with Gasteiger partial charge in [-0.15, -0.1) is 0 Å². The highest BCUT2D eigenvalue weighted by Crippen LogP contribution is 2.23. The molecule has 0 N–H and O–H groups in total. The minimum absolute atomic E-state index is 0.141. The van der Waals surface area contributed by atoms with Crippen molar-refractivity contribution in [2.75, 3.05) is 32.9 Å². The molecule has 2 rings (SSSR count). The van der Waals surface area contributed by atoms with E-state index in [0.717, 1.165) is 31.7 Å². The van der Waals surface area contributed by atoms with Gasteiger partial charge in [-0.3, -0.25) is 4.90 Å². The number of hydrogen-bond donors (Lipinski definition) is 0. The summed E-state index contributed by atoms with van der Waals surface area (Å²) in [5.41, 5.74) is 1.30. The summed E-state index contributed by atoms with van der Waals surface area (Å²) >= 11 is 0. The van der Waals surface area contributed by atoms with Gasteiger partial charge in [0.15, 0.2) is 9.84 Å². The number of nitrogens with zero attached hydrogens (tertiary/aromatic N) is 2. The maximum Gasteiger partial charge on any atom is 0.175 e. The van der Waals surface area contributed by atoms with Crippen LogP contribution in [0.25, 0.3) is 0 Å². The Balaban J connectivity index is 2.10. The first-order chi connectivity index (χ1) is 9.18. The molecule has 1 heterocycles. The molecule has 1 aromatic carbocycles. The number of likely N-dealkylation sites (N-methyl/N-ethyl adjacent to an activating group) is 1. The van der Waals surface area contributed by atoms with E-state index in [2.05, 4.69) is 30.7 Å². The Morgan fingerprint density at radius 2 is 1.75 bits per heavy atom. The van der Waals surface area contributed by atoms with Gasteiger partial charge in [-0.05, 0) is 38.6 Å². The molecular weight excluding hydrogens is 272 g/mol. The Morgan fingerprint density at radius 1 is 1.15 bits per heavy atom. The van der Waals surface area contributed by atoms with Gasteiger partial charge in [0, 0.05) is 38.0 Å². The van der Waals surface area contributed by atoms with Gasteiger partial charge in [-0.1, -0.05) is 12.1 Å². The molecule has 1 aliphatic heterocycles. The van der Waals surface area contributed by atoms with Crippen molar-refractivity contribution in [1.29, 1.82) is 0 Å². The van der Waals surface area contributed by atoms with Gasteiger partial charge >= 0.3 is 0 Å². The Morgan fingerprint density at radius 3 is 2.25 bits per heavy atom. The molecule has 1 aliphatic rings. The first kappa shape index (κ1) is 15.5. The molecule has 0 aromatic heterocycles. The van der Waals surface area contributed by atoms with Crippen molar-refractivity contribution in [1.82, 2.24) is 9.80 Å². The van der Waals surface area contributed by atoms with Gasteiger partial charge in [0.05, 0.1) is 4.90 Å². The van der Waals surface area contributed by atoms with E-state index in [9.17, 15) is 8.42 Å². The molecule has 0 spiro atoms. The lowest BCUT2D eigenvalue weighted by molar-refractivity contribution is 0.0254. The molecule has 0 atom stereocenters. The van der Waals surface area contributed by atoms with Crippen LogP contribution in [0.3, 0.4) is 0 Å². The van der Waals surface area contributed by atoms with Crippen LogP contribution in [0.2, 0.25) is 0 Å². The number of benzene rings is 1. The Kier molecular flexibility index (Phi) is 4.23. The molecule has 4 nitrogen and oxygen atoms in total. The van der Waals surface area contributed by atoms with Crippen LogP contribution in [-0.4, -0.2) is 56.7 Å². The highest BCUT2D eigenvalue weighted by Gasteiger charge is 2.31. The lowest BCUT2D eigenvalue weighted by Gasteiger charge is -2.46. The lowest BCUT2D eigenvalue weighted by atomic mass is 9.98. The summed E-state index contributed by atoms with van der Waals surface area (Å²) in [6.45, 7) is 8.54. The van der Waals surface area contributed by atoms with Gasteiger partial charge in [0.25, 0.3) is 0 Å². The minimum Gasteiger partial charge on any atom is -0.303 e. The number of piperazine rings is 1. The van der Waals surface area contributed by atoms with Crippen LogP contribution in [-0.2, 0) is 16.4 Å². The maximum atomic E-state index is 11.5. The fourth-order valence-electron chi connectivity index (χ4n) is 2.79. The summed E-state index contributed by atoms with van der Waals surface area (Å²) in [5, 5.41) is 0. The van der Waals surface area contributed by atoms with E-state index < -0.39 is 9.84 Å². The van der Waals surface area contributed by atoms with E-state index in [4.69, 9.17) is 0 Å². The van der Waals surface area contributed by atoms with Crippen LogP contribution in [0.4, 0.5) is 0 Å². The zero-order valence-electron chi connectivity index (χ0n) is 12.8. The monoisotopic (exact) mass is 296 g/mol. The SMILES string of the molecule is CN1CCN(Cc2ccc(S(C)(=O)=O)cc2)C(C)(C)C1. The second-order valence-electron chi connectivity index (χ2n) is 6.39. The smallest absolute Gasteiger partial charge is 0.175 e. The Hall–Kier alpha value is -0.910. The third kappa shape index (κ3) is 3.59. The molecule has 5 heteroatoms. The summed E-state index contributed by atoms with van der Waals surface area (Å²) < 4.78 is 22.9. The van der Waals surface area contributed by atoms with Gasteiger partial charge in [-0.25, -0.2) is 8.42 Å². The van der Waals surface area contributed by atoms with Gasteiger partial charge in [-0.2, -0.15) is 0 Å². The molecule has 20 heavy (non-hydrogen) atoms. The van der Waals surface area contributed by atoms with Gasteiger partial charge < -0.3 is 4.90 Å². The molecule has 0 amide bonds. The first-order valence-electron chi connectivity index (χ1n) is 6.91. The molecule has 0 unspecified atom stereocenters. The highest BCUT2D eigenvalue weighted by atomic mass is 32.2. The Bertz CT molecular complexity index is 564. The second kappa shape index (κ2) is 5.47. The molecule has 0 saturated carbocycles. The minimum atomic E-state index is -3.10. The maximum absolute atomic E-state index is 11.5. The van der Waals surface area contributed by atoms with E-state index in [-0.39, 0.29) is 5.54 Å². The van der Waals surface area contributed by atoms with Crippen LogP contribution in [0.5, 0.6) is 0 Å². The molecule has 1 aromatic rings. The summed E-state index contributed by atoms with van der Waals surface area (Å²) in [7, 11) is -0.950. The lowest BCUT2D eigenvalue weighted by Crippen LogP contribution is -2.57. The average molecular weight is 296 g/mol. The standard InChI is InChI=1S/C15H24N2O2S/c1-15(2)12-16(3)9-10-17(15)11-13-5-7-14(8-6-13)20(4,18)19/h5-8H,9-12H2,1-4H3. The van der Waals surface area contributed by atoms with Crippen LogP contribution >= 0.6 is 0 Å². The predicted molar refractivity (Wildman–Crippen MR) is 81.5 cm³/mol. The largest absolute Gasteiger partial charge is 0.303 e. The highest BCUT2D eigenvalue weighted by molar-refractivity contribution is 7.90. The average Bonchev–Trinajstić information content (AvgIpc) is 2.31. The molecule has 1 fully saturated rings. The van der Waals surface area contributed by atoms with Crippen LogP contribution < -0.4 is 0 Å². The zero-order chi connectivity index (χ0) is 15.0. The van der Waals surface area contributed by atoms with Crippen molar-refractivity contribution in [3.63, 3.8) is 0 Å². The predicted octanol–water partition coefficient (Wildman–Crippen LogP) is 1.62. The molecule has 112 valence electrons. The number of hydrogen-bond acceptors (Lipinski definition) is 4. The topological polar surface area (TPSA) is 40.6 Å². The van der Waals surface area contributed by atoms with E-state index in [1.807, 2.05) is 12.1 Å². The molecule has 0 bridgehead atoms. The normalized spacial score (nSPS) is 21.0. The van der Waals surface area contributed by atoms with Crippen molar-refractivity contribution in [2.45, 2.75) is 30.8 Å². The van der Waals surface area contributed by atoms with Crippen molar-refractivity contribution in [3.05, 3.63) is 29.8 Å². The van der Waals surface area contributed by atoms with Gasteiger partial charge in [0.2, 0.25) is 0 Å². The zero-order valence-corrected chi connectivity index (χ0v) is 13.6. The van der Waals surface area contributed by atoms with E-state index >= 15 is 0 Å². The van der Waals surface area contributed by atoms with Crippen LogP contribution in [0.1, 0.15) is 19.4 Å². The molecule has 0 aliphatic carbocycles. The fraction of sp³-hybridized carbons (Fsp3) is 0.600. The van der Waals surface area contributed by atoms with Gasteiger partial charge in [0.1, 0.15) is 0 Å². The van der Waals surface area contributed by atoms with Crippen molar-refractivity contribution in [2.24, 2.45) is 0 Å². The fourth-order valence-corrected chi connectivity index (χ4v) is 3.42. The molecule has 1 saturated heterocycles. The molecule has 0 radical (unpaired) electrons. The van der Waals surface area contributed by atoms with Crippen LogP contribution in [0, 0.1) is 0 Å². The van der Waals surface area contributed by atoms with Crippen LogP contribution in [0.15, 0.2) is 29.2 Å². The number of sulfone groups is 1. The van der Waals surface area contributed by atoms with E-state index in [1.54, 1.807) is 12.1 Å². The summed E-state index contributed by atoms with van der Waals surface area (Å²) in [6, 6.07) is 7.25. The quantitative estimate of drug-likeness (QED) is 0.850. The summed E-state index contributed by atoms with van der Waals surface area (Å²) in [5.74, 6) is 0. The third-order valence-electron chi connectivity index (χ3n) is 3.99. The third-order valence-corrected chi connectivity index (χ3v) is 5.12. The first-order valence-corrected chi connectivity index (χ1v) is 8.80. The molecular formula is C15H24N2O2S. The Labute approximate surface area is 122 Å².